The van der Waals surface area contributed by atoms with Crippen molar-refractivity contribution >= 4 is 17.5 Å². The van der Waals surface area contributed by atoms with E-state index in [1.807, 2.05) is 31.2 Å². The molecule has 1 aromatic heterocycles. The highest BCUT2D eigenvalue weighted by atomic mass is 35.5. The van der Waals surface area contributed by atoms with E-state index >= 15 is 0 Å². The van der Waals surface area contributed by atoms with Crippen LogP contribution in [-0.2, 0) is 0 Å². The molecule has 30 heavy (non-hydrogen) atoms. The standard InChI is InChI=1S/C22H22ClN3O4/c1-2-10-30-15-5-3-4-13(11-15)21-18-19(16-12-14(23)6-7-17(16)28)24-25-20(18)22(29)26(21)8-9-27/h3-7,11-12,21,27-28H,2,8-10H2,1H3,(H,24,25). The number of H-pyrrole nitrogens is 1. The molecule has 0 radical (unpaired) electrons. The third kappa shape index (κ3) is 3.51. The van der Waals surface area contributed by atoms with Gasteiger partial charge in [-0.2, -0.15) is 5.10 Å². The van der Waals surface area contributed by atoms with Crippen LogP contribution in [0.5, 0.6) is 11.5 Å². The average molecular weight is 428 g/mol. The Morgan fingerprint density at radius 2 is 2.10 bits per heavy atom. The van der Waals surface area contributed by atoms with Gasteiger partial charge in [0.15, 0.2) is 0 Å². The normalized spacial score (nSPS) is 15.5. The number of carbonyl (C=O) groups excluding carboxylic acids is 1. The summed E-state index contributed by atoms with van der Waals surface area (Å²) in [4.78, 5) is 14.6. The summed E-state index contributed by atoms with van der Waals surface area (Å²) in [7, 11) is 0. The maximum Gasteiger partial charge on any atom is 0.273 e. The van der Waals surface area contributed by atoms with Crippen molar-refractivity contribution in [2.24, 2.45) is 0 Å². The van der Waals surface area contributed by atoms with Crippen molar-refractivity contribution in [2.75, 3.05) is 19.8 Å². The monoisotopic (exact) mass is 427 g/mol. The van der Waals surface area contributed by atoms with Gasteiger partial charge in [-0.15, -0.1) is 0 Å². The highest BCUT2D eigenvalue weighted by molar-refractivity contribution is 6.31. The first-order chi connectivity index (χ1) is 14.5. The second-order valence-electron chi connectivity index (χ2n) is 7.07. The number of amides is 1. The second kappa shape index (κ2) is 8.38. The summed E-state index contributed by atoms with van der Waals surface area (Å²) >= 11 is 6.14. The predicted molar refractivity (Wildman–Crippen MR) is 113 cm³/mol. The number of carbonyl (C=O) groups is 1. The molecule has 3 aromatic rings. The van der Waals surface area contributed by atoms with E-state index < -0.39 is 6.04 Å². The molecule has 2 heterocycles. The van der Waals surface area contributed by atoms with E-state index in [1.54, 1.807) is 17.0 Å². The molecule has 156 valence electrons. The zero-order valence-electron chi connectivity index (χ0n) is 16.4. The van der Waals surface area contributed by atoms with Crippen LogP contribution in [0, 0.1) is 0 Å². The van der Waals surface area contributed by atoms with Gasteiger partial charge in [-0.3, -0.25) is 9.89 Å². The predicted octanol–water partition coefficient (Wildman–Crippen LogP) is 3.76. The molecule has 0 bridgehead atoms. The van der Waals surface area contributed by atoms with E-state index in [-0.39, 0.29) is 24.8 Å². The number of hydrogen-bond donors (Lipinski definition) is 3. The summed E-state index contributed by atoms with van der Waals surface area (Å²) in [6.45, 7) is 2.60. The molecule has 1 aliphatic rings. The van der Waals surface area contributed by atoms with Gasteiger partial charge < -0.3 is 19.8 Å². The Hall–Kier alpha value is -3.03. The van der Waals surface area contributed by atoms with Gasteiger partial charge >= 0.3 is 0 Å². The fourth-order valence-electron chi connectivity index (χ4n) is 3.78. The van der Waals surface area contributed by atoms with Crippen molar-refractivity contribution in [3.63, 3.8) is 0 Å². The van der Waals surface area contributed by atoms with E-state index in [4.69, 9.17) is 16.3 Å². The number of nitrogens with one attached hydrogen (secondary N) is 1. The Morgan fingerprint density at radius 3 is 2.87 bits per heavy atom. The summed E-state index contributed by atoms with van der Waals surface area (Å²) in [5, 5.41) is 27.5. The number of rotatable bonds is 7. The Balaban J connectivity index is 1.86. The molecule has 0 aliphatic carbocycles. The molecule has 1 aliphatic heterocycles. The number of hydrogen-bond acceptors (Lipinski definition) is 5. The maximum absolute atomic E-state index is 13.0. The SMILES string of the molecule is CCCOc1cccc(C2c3c(-c4cc(Cl)ccc4O)n[nH]c3C(=O)N2CCO)c1. The second-order valence-corrected chi connectivity index (χ2v) is 7.50. The minimum Gasteiger partial charge on any atom is -0.507 e. The van der Waals surface area contributed by atoms with Gasteiger partial charge in [0.05, 0.1) is 19.3 Å². The van der Waals surface area contributed by atoms with Gasteiger partial charge in [0.25, 0.3) is 5.91 Å². The topological polar surface area (TPSA) is 98.7 Å². The number of aromatic amines is 1. The summed E-state index contributed by atoms with van der Waals surface area (Å²) in [6.07, 6.45) is 0.882. The third-order valence-electron chi connectivity index (χ3n) is 5.07. The largest absolute Gasteiger partial charge is 0.507 e. The third-order valence-corrected chi connectivity index (χ3v) is 5.30. The molecule has 2 aromatic carbocycles. The summed E-state index contributed by atoms with van der Waals surface area (Å²) in [5.41, 5.74) is 2.68. The molecule has 0 fully saturated rings. The van der Waals surface area contributed by atoms with Gasteiger partial charge in [0, 0.05) is 22.7 Å². The van der Waals surface area contributed by atoms with Gasteiger partial charge in [0.1, 0.15) is 22.9 Å². The van der Waals surface area contributed by atoms with Gasteiger partial charge in [-0.25, -0.2) is 0 Å². The minimum absolute atomic E-state index is 0.0144. The maximum atomic E-state index is 13.0. The first-order valence-electron chi connectivity index (χ1n) is 9.76. The van der Waals surface area contributed by atoms with E-state index in [0.717, 1.165) is 12.0 Å². The number of phenols is 1. The Kier molecular flexibility index (Phi) is 5.65. The van der Waals surface area contributed by atoms with Crippen LogP contribution in [0.1, 0.15) is 41.0 Å². The first-order valence-corrected chi connectivity index (χ1v) is 10.1. The van der Waals surface area contributed by atoms with Crippen molar-refractivity contribution in [2.45, 2.75) is 19.4 Å². The minimum atomic E-state index is -0.489. The van der Waals surface area contributed by atoms with E-state index in [2.05, 4.69) is 10.2 Å². The number of fused-ring (bicyclic) bond motifs is 1. The van der Waals surface area contributed by atoms with Crippen LogP contribution in [-0.4, -0.2) is 51.0 Å². The fourth-order valence-corrected chi connectivity index (χ4v) is 3.95. The Morgan fingerprint density at radius 1 is 1.27 bits per heavy atom. The number of aromatic hydroxyl groups is 1. The van der Waals surface area contributed by atoms with Crippen LogP contribution in [0.4, 0.5) is 0 Å². The number of aliphatic hydroxyl groups is 1. The average Bonchev–Trinajstić information content (AvgIpc) is 3.28. The van der Waals surface area contributed by atoms with E-state index in [1.165, 1.54) is 6.07 Å². The van der Waals surface area contributed by atoms with Crippen LogP contribution < -0.4 is 4.74 Å². The lowest BCUT2D eigenvalue weighted by Crippen LogP contribution is -2.32. The van der Waals surface area contributed by atoms with Crippen molar-refractivity contribution in [1.29, 1.82) is 0 Å². The van der Waals surface area contributed by atoms with Gasteiger partial charge in [-0.05, 0) is 42.3 Å². The molecule has 1 atom stereocenters. The molecule has 1 amide bonds. The smallest absolute Gasteiger partial charge is 0.273 e. The molecule has 7 nitrogen and oxygen atoms in total. The summed E-state index contributed by atoms with van der Waals surface area (Å²) in [6, 6.07) is 11.7. The van der Waals surface area contributed by atoms with E-state index in [0.29, 0.717) is 39.9 Å². The number of aromatic nitrogens is 2. The molecule has 8 heteroatoms. The molecular formula is C22H22ClN3O4. The molecule has 0 saturated carbocycles. The van der Waals surface area contributed by atoms with Crippen molar-refractivity contribution in [3.8, 4) is 22.8 Å². The number of ether oxygens (including phenoxy) is 1. The fraction of sp³-hybridized carbons (Fsp3) is 0.273. The summed E-state index contributed by atoms with van der Waals surface area (Å²) < 4.78 is 5.76. The zero-order valence-corrected chi connectivity index (χ0v) is 17.2. The Labute approximate surface area is 178 Å². The molecule has 0 saturated heterocycles. The molecular weight excluding hydrogens is 406 g/mol. The van der Waals surface area contributed by atoms with Gasteiger partial charge in [-0.1, -0.05) is 30.7 Å². The number of nitrogens with zero attached hydrogens (tertiary/aromatic N) is 2. The molecule has 0 spiro atoms. The highest BCUT2D eigenvalue weighted by Crippen LogP contribution is 2.45. The lowest BCUT2D eigenvalue weighted by atomic mass is 9.95. The number of aliphatic hydroxyl groups excluding tert-OH is 1. The summed E-state index contributed by atoms with van der Waals surface area (Å²) in [5.74, 6) is 0.458. The van der Waals surface area contributed by atoms with Crippen LogP contribution >= 0.6 is 11.6 Å². The first kappa shape index (κ1) is 20.3. The lowest BCUT2D eigenvalue weighted by molar-refractivity contribution is 0.0706. The number of β-amino-alcohol motifs (C(OH)–C–C–N with tert-alkyl or cyclic N) is 1. The highest BCUT2D eigenvalue weighted by Gasteiger charge is 2.42. The van der Waals surface area contributed by atoms with Crippen LogP contribution in [0.25, 0.3) is 11.3 Å². The zero-order chi connectivity index (χ0) is 21.3. The van der Waals surface area contributed by atoms with Crippen LogP contribution in [0.2, 0.25) is 5.02 Å². The van der Waals surface area contributed by atoms with Crippen molar-refractivity contribution < 1.29 is 19.7 Å². The number of halogens is 1. The van der Waals surface area contributed by atoms with Gasteiger partial charge in [0.2, 0.25) is 0 Å². The number of phenolic OH excluding ortho intramolecular Hbond substituents is 1. The van der Waals surface area contributed by atoms with Crippen LogP contribution in [0.15, 0.2) is 42.5 Å². The molecule has 3 N–H and O–H groups in total. The number of benzene rings is 2. The van der Waals surface area contributed by atoms with Crippen molar-refractivity contribution in [1.82, 2.24) is 15.1 Å². The molecule has 4 rings (SSSR count). The lowest BCUT2D eigenvalue weighted by Gasteiger charge is -2.26. The Bertz CT molecular complexity index is 1080. The van der Waals surface area contributed by atoms with E-state index in [9.17, 15) is 15.0 Å². The molecule has 1 unspecified atom stereocenters. The van der Waals surface area contributed by atoms with Crippen molar-refractivity contribution in [3.05, 3.63) is 64.3 Å². The quantitative estimate of drug-likeness (QED) is 0.533. The van der Waals surface area contributed by atoms with Crippen LogP contribution in [0.3, 0.4) is 0 Å².